The van der Waals surface area contributed by atoms with Crippen LogP contribution in [0.1, 0.15) is 36.5 Å². The van der Waals surface area contributed by atoms with Crippen LogP contribution in [0.5, 0.6) is 0 Å². The third-order valence-corrected chi connectivity index (χ3v) is 5.32. The Kier molecular flexibility index (Phi) is 5.84. The Bertz CT molecular complexity index is 750. The van der Waals surface area contributed by atoms with Gasteiger partial charge in [-0.2, -0.15) is 0 Å². The Labute approximate surface area is 145 Å². The van der Waals surface area contributed by atoms with E-state index in [1.807, 2.05) is 6.92 Å². The molecule has 9 heteroatoms. The van der Waals surface area contributed by atoms with E-state index in [4.69, 9.17) is 21.5 Å². The molecule has 0 aliphatic carbocycles. The minimum atomic E-state index is -4.06. The fraction of sp³-hybridized carbons (Fsp3) is 0.467. The molecule has 1 aliphatic rings. The second kappa shape index (κ2) is 7.50. The molecule has 0 aromatic heterocycles. The zero-order valence-corrected chi connectivity index (χ0v) is 14.8. The molecule has 1 amide bonds. The van der Waals surface area contributed by atoms with Crippen molar-refractivity contribution in [2.45, 2.75) is 37.1 Å². The lowest BCUT2D eigenvalue weighted by molar-refractivity contribution is -0.137. The van der Waals surface area contributed by atoms with E-state index in [1.165, 1.54) is 12.1 Å². The summed E-state index contributed by atoms with van der Waals surface area (Å²) in [5.41, 5.74) is -0.0390. The number of amides is 1. The molecule has 7 nitrogen and oxygen atoms in total. The maximum absolute atomic E-state index is 12.1. The van der Waals surface area contributed by atoms with E-state index in [0.29, 0.717) is 6.54 Å². The van der Waals surface area contributed by atoms with Gasteiger partial charge in [-0.15, -0.1) is 0 Å². The summed E-state index contributed by atoms with van der Waals surface area (Å²) in [6, 6.07) is 3.71. The van der Waals surface area contributed by atoms with Gasteiger partial charge in [0.15, 0.2) is 6.61 Å². The lowest BCUT2D eigenvalue weighted by Gasteiger charge is -2.33. The topological polar surface area (TPSA) is 107 Å². The first-order valence-corrected chi connectivity index (χ1v) is 9.41. The van der Waals surface area contributed by atoms with Crippen molar-refractivity contribution in [3.63, 3.8) is 0 Å². The van der Waals surface area contributed by atoms with Crippen LogP contribution in [0.15, 0.2) is 23.1 Å². The van der Waals surface area contributed by atoms with Crippen LogP contribution in [-0.4, -0.2) is 44.4 Å². The second-order valence-corrected chi connectivity index (χ2v) is 7.64. The molecule has 0 spiro atoms. The number of piperidine rings is 1. The van der Waals surface area contributed by atoms with Crippen molar-refractivity contribution in [1.29, 1.82) is 0 Å². The predicted octanol–water partition coefficient (Wildman–Crippen LogP) is 1.55. The molecule has 0 unspecified atom stereocenters. The van der Waals surface area contributed by atoms with Crippen LogP contribution in [0, 0.1) is 0 Å². The highest BCUT2D eigenvalue weighted by Crippen LogP contribution is 2.22. The summed E-state index contributed by atoms with van der Waals surface area (Å²) in [4.78, 5) is 25.5. The molecule has 0 bridgehead atoms. The summed E-state index contributed by atoms with van der Waals surface area (Å²) < 4.78 is 27.8. The monoisotopic (exact) mass is 374 g/mol. The number of nitrogens with two attached hydrogens (primary N) is 1. The molecule has 1 saturated heterocycles. The van der Waals surface area contributed by atoms with Crippen LogP contribution in [-0.2, 0) is 19.6 Å². The minimum absolute atomic E-state index is 0.0390. The molecular weight excluding hydrogens is 356 g/mol. The van der Waals surface area contributed by atoms with Gasteiger partial charge in [0.1, 0.15) is 4.90 Å². The van der Waals surface area contributed by atoms with Gasteiger partial charge < -0.3 is 9.64 Å². The maximum Gasteiger partial charge on any atom is 0.338 e. The Hall–Kier alpha value is -1.64. The van der Waals surface area contributed by atoms with Gasteiger partial charge in [0.25, 0.3) is 5.91 Å². The van der Waals surface area contributed by atoms with E-state index in [1.54, 1.807) is 4.90 Å². The van der Waals surface area contributed by atoms with Crippen LogP contribution in [0.4, 0.5) is 0 Å². The molecule has 2 rings (SSSR count). The molecule has 132 valence electrons. The molecule has 1 heterocycles. The molecule has 1 aliphatic heterocycles. The molecule has 0 saturated carbocycles. The number of esters is 1. The number of ether oxygens (including phenoxy) is 1. The second-order valence-electron chi connectivity index (χ2n) is 5.70. The Morgan fingerprint density at radius 1 is 1.38 bits per heavy atom. The smallest absolute Gasteiger partial charge is 0.338 e. The lowest BCUT2D eigenvalue weighted by Crippen LogP contribution is -2.44. The number of halogens is 1. The summed E-state index contributed by atoms with van der Waals surface area (Å²) in [6.45, 7) is 2.21. The Morgan fingerprint density at radius 2 is 2.08 bits per heavy atom. The Balaban J connectivity index is 2.04. The maximum atomic E-state index is 12.1. The van der Waals surface area contributed by atoms with Gasteiger partial charge in [-0.05, 0) is 44.4 Å². The van der Waals surface area contributed by atoms with Gasteiger partial charge in [0.05, 0.1) is 10.6 Å². The van der Waals surface area contributed by atoms with E-state index in [-0.39, 0.29) is 27.4 Å². The number of benzene rings is 1. The summed E-state index contributed by atoms with van der Waals surface area (Å²) in [6.07, 6.45) is 2.93. The van der Waals surface area contributed by atoms with E-state index in [2.05, 4.69) is 0 Å². The molecule has 2 N–H and O–H groups in total. The molecule has 24 heavy (non-hydrogen) atoms. The Morgan fingerprint density at radius 3 is 2.71 bits per heavy atom. The van der Waals surface area contributed by atoms with E-state index >= 15 is 0 Å². The highest BCUT2D eigenvalue weighted by atomic mass is 35.5. The van der Waals surface area contributed by atoms with Gasteiger partial charge >= 0.3 is 5.97 Å². The molecule has 1 aromatic rings. The zero-order valence-electron chi connectivity index (χ0n) is 13.2. The number of rotatable bonds is 4. The van der Waals surface area contributed by atoms with Crippen LogP contribution in [0.3, 0.4) is 0 Å². The lowest BCUT2D eigenvalue weighted by atomic mass is 10.0. The number of carbonyl (C=O) groups excluding carboxylic acids is 2. The number of primary sulfonamides is 1. The zero-order chi connectivity index (χ0) is 17.9. The van der Waals surface area contributed by atoms with Crippen molar-refractivity contribution < 1.29 is 22.7 Å². The summed E-state index contributed by atoms with van der Waals surface area (Å²) in [7, 11) is -4.06. The van der Waals surface area contributed by atoms with Crippen molar-refractivity contribution in [3.05, 3.63) is 28.8 Å². The van der Waals surface area contributed by atoms with E-state index in [9.17, 15) is 18.0 Å². The first-order valence-electron chi connectivity index (χ1n) is 7.49. The normalized spacial score (nSPS) is 18.3. The molecule has 0 radical (unpaired) electrons. The van der Waals surface area contributed by atoms with Gasteiger partial charge in [-0.1, -0.05) is 11.6 Å². The molecular formula is C15H19ClN2O5S. The third-order valence-electron chi connectivity index (χ3n) is 3.92. The third kappa shape index (κ3) is 4.46. The average Bonchev–Trinajstić information content (AvgIpc) is 2.52. The molecule has 1 atom stereocenters. The SMILES string of the molecule is C[C@@H]1CCCCN1C(=O)COC(=O)c1ccc(Cl)c(S(N)(=O)=O)c1. The van der Waals surface area contributed by atoms with Crippen molar-refractivity contribution in [3.8, 4) is 0 Å². The first kappa shape index (κ1) is 18.7. The fourth-order valence-electron chi connectivity index (χ4n) is 2.61. The summed E-state index contributed by atoms with van der Waals surface area (Å²) >= 11 is 5.76. The number of nitrogens with zero attached hydrogens (tertiary/aromatic N) is 1. The number of likely N-dealkylation sites (tertiary alicyclic amines) is 1. The van der Waals surface area contributed by atoms with Gasteiger partial charge in [-0.25, -0.2) is 18.4 Å². The molecule has 1 fully saturated rings. The predicted molar refractivity (Wildman–Crippen MR) is 88.1 cm³/mol. The van der Waals surface area contributed by atoms with Crippen molar-refractivity contribution in [2.24, 2.45) is 5.14 Å². The van der Waals surface area contributed by atoms with Crippen LogP contribution < -0.4 is 5.14 Å². The number of carbonyl (C=O) groups is 2. The number of hydrogen-bond donors (Lipinski definition) is 1. The summed E-state index contributed by atoms with van der Waals surface area (Å²) in [5.74, 6) is -1.08. The van der Waals surface area contributed by atoms with Crippen molar-refractivity contribution in [1.82, 2.24) is 4.90 Å². The number of sulfonamides is 1. The average molecular weight is 375 g/mol. The minimum Gasteiger partial charge on any atom is -0.452 e. The first-order chi connectivity index (χ1) is 11.2. The number of hydrogen-bond acceptors (Lipinski definition) is 5. The summed E-state index contributed by atoms with van der Waals surface area (Å²) in [5, 5.41) is 4.95. The fourth-order valence-corrected chi connectivity index (χ4v) is 3.68. The van der Waals surface area contributed by atoms with Crippen molar-refractivity contribution in [2.75, 3.05) is 13.2 Å². The van der Waals surface area contributed by atoms with E-state index < -0.39 is 22.6 Å². The van der Waals surface area contributed by atoms with Crippen LogP contribution in [0.2, 0.25) is 5.02 Å². The van der Waals surface area contributed by atoms with Gasteiger partial charge in [0.2, 0.25) is 10.0 Å². The van der Waals surface area contributed by atoms with Crippen LogP contribution in [0.25, 0.3) is 0 Å². The van der Waals surface area contributed by atoms with Gasteiger partial charge in [-0.3, -0.25) is 4.79 Å². The highest BCUT2D eigenvalue weighted by Gasteiger charge is 2.24. The largest absolute Gasteiger partial charge is 0.452 e. The quantitative estimate of drug-likeness (QED) is 0.804. The highest BCUT2D eigenvalue weighted by molar-refractivity contribution is 7.89. The molecule has 1 aromatic carbocycles. The standard InChI is InChI=1S/C15H19ClN2O5S/c1-10-4-2-3-7-18(10)14(19)9-23-15(20)11-5-6-12(16)13(8-11)24(17,21)22/h5-6,8,10H,2-4,7,9H2,1H3,(H2,17,21,22)/t10-/m1/s1. The van der Waals surface area contributed by atoms with E-state index in [0.717, 1.165) is 25.3 Å². The van der Waals surface area contributed by atoms with Gasteiger partial charge in [0, 0.05) is 12.6 Å². The van der Waals surface area contributed by atoms with Crippen molar-refractivity contribution >= 4 is 33.5 Å². The van der Waals surface area contributed by atoms with Crippen LogP contribution >= 0.6 is 11.6 Å².